The lowest BCUT2D eigenvalue weighted by Gasteiger charge is -2.31. The minimum absolute atomic E-state index is 0.207. The zero-order valence-corrected chi connectivity index (χ0v) is 17.8. The van der Waals surface area contributed by atoms with Crippen molar-refractivity contribution in [2.24, 2.45) is 0 Å². The first-order chi connectivity index (χ1) is 13.2. The Balaban J connectivity index is 2.04. The summed E-state index contributed by atoms with van der Waals surface area (Å²) in [6, 6.07) is 6.43. The number of aromatic nitrogens is 2. The largest absolute Gasteiger partial charge is 0.464 e. The molecule has 3 aromatic heterocycles. The van der Waals surface area contributed by atoms with Crippen molar-refractivity contribution in [2.75, 3.05) is 0 Å². The van der Waals surface area contributed by atoms with Crippen LogP contribution in [-0.2, 0) is 11.3 Å². The number of furan rings is 1. The van der Waals surface area contributed by atoms with E-state index in [0.29, 0.717) is 11.5 Å². The molecule has 0 saturated heterocycles. The molecule has 3 aromatic rings. The number of carbonyl (C=O) groups is 2. The van der Waals surface area contributed by atoms with E-state index in [4.69, 9.17) is 4.42 Å². The summed E-state index contributed by atoms with van der Waals surface area (Å²) in [7, 11) is 0. The van der Waals surface area contributed by atoms with Gasteiger partial charge in [-0.2, -0.15) is 0 Å². The van der Waals surface area contributed by atoms with Gasteiger partial charge in [-0.05, 0) is 62.8 Å². The molecule has 0 saturated carbocycles. The Morgan fingerprint density at radius 2 is 2.07 bits per heavy atom. The third kappa shape index (κ3) is 4.85. The molecule has 148 valence electrons. The van der Waals surface area contributed by atoms with Crippen molar-refractivity contribution < 1.29 is 14.0 Å². The van der Waals surface area contributed by atoms with E-state index in [1.165, 1.54) is 16.2 Å². The van der Waals surface area contributed by atoms with Crippen molar-refractivity contribution in [3.63, 3.8) is 0 Å². The smallest absolute Gasteiger partial charge is 0.276 e. The molecule has 2 amide bonds. The second-order valence-electron chi connectivity index (χ2n) is 7.39. The van der Waals surface area contributed by atoms with E-state index >= 15 is 0 Å². The minimum atomic E-state index is -0.927. The first-order valence-corrected chi connectivity index (χ1v) is 10.4. The van der Waals surface area contributed by atoms with Crippen LogP contribution < -0.4 is 5.32 Å². The summed E-state index contributed by atoms with van der Waals surface area (Å²) >= 11 is 2.61. The van der Waals surface area contributed by atoms with Crippen LogP contribution >= 0.6 is 22.9 Å². The third-order valence-electron chi connectivity index (χ3n) is 3.84. The van der Waals surface area contributed by atoms with Gasteiger partial charge in [-0.3, -0.25) is 9.59 Å². The van der Waals surface area contributed by atoms with Crippen LogP contribution in [0, 0.1) is 6.92 Å². The molecule has 0 unspecified atom stereocenters. The van der Waals surface area contributed by atoms with Crippen molar-refractivity contribution >= 4 is 34.7 Å². The number of carbonyl (C=O) groups excluding carboxylic acids is 2. The van der Waals surface area contributed by atoms with Gasteiger partial charge in [-0.15, -0.1) is 16.4 Å². The number of amides is 2. The molecule has 28 heavy (non-hydrogen) atoms. The van der Waals surface area contributed by atoms with Gasteiger partial charge in [0.25, 0.3) is 11.8 Å². The summed E-state index contributed by atoms with van der Waals surface area (Å²) < 4.78 is 9.55. The summed E-state index contributed by atoms with van der Waals surface area (Å²) in [4.78, 5) is 28.9. The van der Waals surface area contributed by atoms with Crippen molar-refractivity contribution in [3.8, 4) is 0 Å². The summed E-state index contributed by atoms with van der Waals surface area (Å²) in [6.45, 7) is 7.75. The highest BCUT2D eigenvalue weighted by Crippen LogP contribution is 2.28. The fraction of sp³-hybridized carbons (Fsp3) is 0.368. The fourth-order valence-electron chi connectivity index (χ4n) is 2.72. The molecule has 0 spiro atoms. The number of rotatable bonds is 6. The molecule has 3 heterocycles. The lowest BCUT2D eigenvalue weighted by atomic mass is 10.1. The molecule has 9 heteroatoms. The highest BCUT2D eigenvalue weighted by atomic mass is 32.1. The maximum atomic E-state index is 13.2. The van der Waals surface area contributed by atoms with Gasteiger partial charge in [-0.1, -0.05) is 10.6 Å². The topological polar surface area (TPSA) is 88.3 Å². The molecule has 0 bridgehead atoms. The molecule has 0 radical (unpaired) electrons. The van der Waals surface area contributed by atoms with Gasteiger partial charge in [0, 0.05) is 15.8 Å². The Morgan fingerprint density at radius 3 is 2.61 bits per heavy atom. The Bertz CT molecular complexity index is 927. The number of thiophene rings is 1. The van der Waals surface area contributed by atoms with Crippen LogP contribution in [0.2, 0.25) is 0 Å². The van der Waals surface area contributed by atoms with Gasteiger partial charge < -0.3 is 14.6 Å². The third-order valence-corrected chi connectivity index (χ3v) is 5.20. The van der Waals surface area contributed by atoms with E-state index in [0.717, 1.165) is 16.4 Å². The second-order valence-corrected chi connectivity index (χ2v) is 9.03. The highest BCUT2D eigenvalue weighted by molar-refractivity contribution is 7.09. The standard InChI is InChI=1S/C19H22N4O3S2/c1-12-7-8-15(26-12)16(17(24)20-19(2,3)4)23(10-13-6-5-9-27-13)18(25)14-11-28-22-21-14/h5-9,11,16H,10H2,1-4H3,(H,20,24)/t16-/m0/s1. The van der Waals surface area contributed by atoms with Crippen LogP contribution in [-0.4, -0.2) is 31.8 Å². The molecule has 3 rings (SSSR count). The lowest BCUT2D eigenvalue weighted by molar-refractivity contribution is -0.128. The maximum Gasteiger partial charge on any atom is 0.276 e. The van der Waals surface area contributed by atoms with Gasteiger partial charge >= 0.3 is 0 Å². The van der Waals surface area contributed by atoms with Crippen LogP contribution in [0.1, 0.15) is 53.7 Å². The van der Waals surface area contributed by atoms with Gasteiger partial charge in [0.15, 0.2) is 11.7 Å². The number of nitrogens with zero attached hydrogens (tertiary/aromatic N) is 3. The Kier molecular flexibility index (Phi) is 5.95. The van der Waals surface area contributed by atoms with Crippen LogP contribution in [0.4, 0.5) is 0 Å². The zero-order valence-electron chi connectivity index (χ0n) is 16.1. The van der Waals surface area contributed by atoms with Crippen molar-refractivity contribution in [1.82, 2.24) is 19.8 Å². The van der Waals surface area contributed by atoms with E-state index in [1.54, 1.807) is 24.4 Å². The molecule has 0 aliphatic heterocycles. The highest BCUT2D eigenvalue weighted by Gasteiger charge is 2.36. The van der Waals surface area contributed by atoms with Crippen molar-refractivity contribution in [2.45, 2.75) is 45.8 Å². The maximum absolute atomic E-state index is 13.2. The van der Waals surface area contributed by atoms with E-state index in [-0.39, 0.29) is 24.1 Å². The first kappa shape index (κ1) is 20.2. The number of nitrogens with one attached hydrogen (secondary N) is 1. The predicted molar refractivity (Wildman–Crippen MR) is 108 cm³/mol. The van der Waals surface area contributed by atoms with Crippen LogP contribution in [0.25, 0.3) is 0 Å². The van der Waals surface area contributed by atoms with Crippen molar-refractivity contribution in [3.05, 3.63) is 57.1 Å². The second kappa shape index (κ2) is 8.24. The predicted octanol–water partition coefficient (Wildman–Crippen LogP) is 3.80. The molecule has 0 fully saturated rings. The summed E-state index contributed by atoms with van der Waals surface area (Å²) in [5, 5.41) is 10.4. The van der Waals surface area contributed by atoms with Crippen LogP contribution in [0.5, 0.6) is 0 Å². The molecule has 7 nitrogen and oxygen atoms in total. The Morgan fingerprint density at radius 1 is 1.29 bits per heavy atom. The van der Waals surface area contributed by atoms with E-state index in [1.807, 2.05) is 38.3 Å². The Hall–Kier alpha value is -2.52. The molecule has 1 N–H and O–H groups in total. The first-order valence-electron chi connectivity index (χ1n) is 8.73. The minimum Gasteiger partial charge on any atom is -0.464 e. The van der Waals surface area contributed by atoms with E-state index < -0.39 is 11.6 Å². The summed E-state index contributed by atoms with van der Waals surface area (Å²) in [5.41, 5.74) is -0.255. The van der Waals surface area contributed by atoms with E-state index in [2.05, 4.69) is 14.9 Å². The number of hydrogen-bond donors (Lipinski definition) is 1. The molecule has 0 aliphatic rings. The fourth-order valence-corrected chi connectivity index (χ4v) is 3.85. The monoisotopic (exact) mass is 418 g/mol. The van der Waals surface area contributed by atoms with E-state index in [9.17, 15) is 9.59 Å². The molecule has 1 atom stereocenters. The average Bonchev–Trinajstić information content (AvgIpc) is 3.35. The Labute approximate surface area is 171 Å². The van der Waals surface area contributed by atoms with Gasteiger partial charge in [-0.25, -0.2) is 0 Å². The molecular formula is C19H22N4O3S2. The molecular weight excluding hydrogens is 396 g/mol. The van der Waals surface area contributed by atoms with Crippen LogP contribution in [0.15, 0.2) is 39.4 Å². The number of hydrogen-bond acceptors (Lipinski definition) is 7. The van der Waals surface area contributed by atoms with Gasteiger partial charge in [0.1, 0.15) is 11.5 Å². The van der Waals surface area contributed by atoms with Gasteiger partial charge in [0.2, 0.25) is 0 Å². The van der Waals surface area contributed by atoms with Crippen molar-refractivity contribution in [1.29, 1.82) is 0 Å². The SMILES string of the molecule is Cc1ccc([C@@H](C(=O)NC(C)(C)C)N(Cc2cccs2)C(=O)c2csnn2)o1. The average molecular weight is 419 g/mol. The summed E-state index contributed by atoms with van der Waals surface area (Å²) in [5.74, 6) is 0.398. The normalized spacial score (nSPS) is 12.6. The number of aryl methyl sites for hydroxylation is 1. The zero-order chi connectivity index (χ0) is 20.3. The summed E-state index contributed by atoms with van der Waals surface area (Å²) in [6.07, 6.45) is 0. The quantitative estimate of drug-likeness (QED) is 0.658. The lowest BCUT2D eigenvalue weighted by Crippen LogP contribution is -2.49. The molecule has 0 aromatic carbocycles. The van der Waals surface area contributed by atoms with Crippen LogP contribution in [0.3, 0.4) is 0 Å². The van der Waals surface area contributed by atoms with Gasteiger partial charge in [0.05, 0.1) is 6.54 Å². The molecule has 0 aliphatic carbocycles.